The van der Waals surface area contributed by atoms with Gasteiger partial charge in [-0.2, -0.15) is 8.42 Å². The summed E-state index contributed by atoms with van der Waals surface area (Å²) in [5.74, 6) is 0.241. The summed E-state index contributed by atoms with van der Waals surface area (Å²) < 4.78 is 30.3. The van der Waals surface area contributed by atoms with Gasteiger partial charge in [-0.3, -0.25) is 8.98 Å². The third-order valence-electron chi connectivity index (χ3n) is 6.72. The average Bonchev–Trinajstić information content (AvgIpc) is 2.76. The molecule has 2 bridgehead atoms. The van der Waals surface area contributed by atoms with Crippen molar-refractivity contribution in [3.05, 3.63) is 29.8 Å². The Balaban J connectivity index is 1.83. The Morgan fingerprint density at radius 1 is 1.09 bits per heavy atom. The van der Waals surface area contributed by atoms with Gasteiger partial charge in [-0.25, -0.2) is 0 Å². The maximum absolute atomic E-state index is 12.4. The summed E-state index contributed by atoms with van der Waals surface area (Å²) in [6, 6.07) is 6.63. The first kappa shape index (κ1) is 16.7. The fourth-order valence-electron chi connectivity index (χ4n) is 4.27. The molecule has 2 atom stereocenters. The van der Waals surface area contributed by atoms with Crippen molar-refractivity contribution < 1.29 is 17.4 Å². The van der Waals surface area contributed by atoms with Gasteiger partial charge in [0.15, 0.2) is 0 Å². The Bertz CT molecular complexity index is 748. The number of fused-ring (bicyclic) bond motifs is 2. The number of benzene rings is 1. The minimum absolute atomic E-state index is 0.0809. The summed E-state index contributed by atoms with van der Waals surface area (Å²) in [6.07, 6.45) is 2.07. The van der Waals surface area contributed by atoms with Crippen molar-refractivity contribution in [3.8, 4) is 0 Å². The van der Waals surface area contributed by atoms with Crippen LogP contribution in [0.5, 0.6) is 0 Å². The van der Waals surface area contributed by atoms with Gasteiger partial charge >= 0.3 is 0 Å². The van der Waals surface area contributed by atoms with E-state index in [1.165, 1.54) is 0 Å². The van der Waals surface area contributed by atoms with Gasteiger partial charge in [0, 0.05) is 17.3 Å². The highest BCUT2D eigenvalue weighted by Gasteiger charge is 2.69. The molecular weight excluding hydrogens is 312 g/mol. The highest BCUT2D eigenvalue weighted by atomic mass is 32.2. The lowest BCUT2D eigenvalue weighted by Crippen LogP contribution is -2.38. The molecule has 1 aromatic carbocycles. The van der Waals surface area contributed by atoms with E-state index in [1.807, 2.05) is 13.8 Å². The number of ketones is 1. The molecule has 2 fully saturated rings. The van der Waals surface area contributed by atoms with Crippen molar-refractivity contribution in [2.24, 2.45) is 16.2 Å². The third-order valence-corrected chi connectivity index (χ3v) is 8.00. The second-order valence-corrected chi connectivity index (χ2v) is 9.48. The quantitative estimate of drug-likeness (QED) is 0.790. The Kier molecular flexibility index (Phi) is 3.55. The van der Waals surface area contributed by atoms with Gasteiger partial charge in [-0.15, -0.1) is 0 Å². The molecule has 2 aliphatic carbocycles. The summed E-state index contributed by atoms with van der Waals surface area (Å²) in [7, 11) is -3.79. The van der Waals surface area contributed by atoms with Gasteiger partial charge in [0.25, 0.3) is 10.1 Å². The number of aryl methyl sites for hydroxylation is 1. The molecule has 2 saturated carbocycles. The zero-order valence-corrected chi connectivity index (χ0v) is 15.0. The molecule has 1 aromatic rings. The number of carbonyl (C=O) groups excluding carboxylic acids is 1. The molecular formula is C18H24O4S. The van der Waals surface area contributed by atoms with Gasteiger partial charge in [0.1, 0.15) is 5.78 Å². The van der Waals surface area contributed by atoms with Gasteiger partial charge in [0.05, 0.1) is 11.5 Å². The van der Waals surface area contributed by atoms with Crippen molar-refractivity contribution >= 4 is 15.9 Å². The molecule has 0 aliphatic heterocycles. The highest BCUT2D eigenvalue weighted by Crippen LogP contribution is 2.70. The summed E-state index contributed by atoms with van der Waals surface area (Å²) >= 11 is 0. The first-order chi connectivity index (χ1) is 10.5. The van der Waals surface area contributed by atoms with E-state index in [4.69, 9.17) is 4.18 Å². The second kappa shape index (κ2) is 4.90. The highest BCUT2D eigenvalue weighted by molar-refractivity contribution is 7.86. The lowest BCUT2D eigenvalue weighted by molar-refractivity contribution is -0.128. The summed E-state index contributed by atoms with van der Waals surface area (Å²) in [5.41, 5.74) is 0.0112. The largest absolute Gasteiger partial charge is 0.299 e. The normalized spacial score (nSPS) is 32.4. The molecule has 5 heteroatoms. The second-order valence-electron chi connectivity index (χ2n) is 7.87. The van der Waals surface area contributed by atoms with Crippen LogP contribution in [0, 0.1) is 23.2 Å². The average molecular weight is 336 g/mol. The van der Waals surface area contributed by atoms with Crippen LogP contribution in [-0.4, -0.2) is 20.8 Å². The van der Waals surface area contributed by atoms with Crippen LogP contribution in [0.1, 0.15) is 45.6 Å². The molecule has 0 amide bonds. The van der Waals surface area contributed by atoms with Crippen LogP contribution in [0.4, 0.5) is 0 Å². The number of rotatable bonds is 4. The Hall–Kier alpha value is -1.20. The van der Waals surface area contributed by atoms with E-state index in [2.05, 4.69) is 13.8 Å². The topological polar surface area (TPSA) is 60.4 Å². The van der Waals surface area contributed by atoms with E-state index in [0.29, 0.717) is 6.42 Å². The van der Waals surface area contributed by atoms with Crippen LogP contribution in [0.15, 0.2) is 29.2 Å². The minimum atomic E-state index is -3.79. The number of hydrogen-bond donors (Lipinski definition) is 0. The van der Waals surface area contributed by atoms with Crippen molar-refractivity contribution in [2.75, 3.05) is 6.61 Å². The van der Waals surface area contributed by atoms with Crippen LogP contribution in [0.3, 0.4) is 0 Å². The first-order valence-corrected chi connectivity index (χ1v) is 9.44. The zero-order chi connectivity index (χ0) is 17.1. The maximum atomic E-state index is 12.4. The third kappa shape index (κ3) is 2.20. The molecule has 2 aliphatic rings. The minimum Gasteiger partial charge on any atom is -0.299 e. The van der Waals surface area contributed by atoms with Gasteiger partial charge < -0.3 is 0 Å². The first-order valence-electron chi connectivity index (χ1n) is 8.04. The van der Waals surface area contributed by atoms with E-state index in [-0.39, 0.29) is 33.5 Å². The van der Waals surface area contributed by atoms with Gasteiger partial charge in [0.2, 0.25) is 0 Å². The van der Waals surface area contributed by atoms with E-state index in [0.717, 1.165) is 18.4 Å². The Morgan fingerprint density at radius 2 is 1.70 bits per heavy atom. The van der Waals surface area contributed by atoms with E-state index < -0.39 is 10.1 Å². The van der Waals surface area contributed by atoms with Crippen LogP contribution in [0.2, 0.25) is 0 Å². The number of hydrogen-bond acceptors (Lipinski definition) is 4. The summed E-state index contributed by atoms with van der Waals surface area (Å²) in [6.45, 7) is 8.15. The molecule has 0 N–H and O–H groups in total. The van der Waals surface area contributed by atoms with Gasteiger partial charge in [-0.05, 0) is 37.3 Å². The maximum Gasteiger partial charge on any atom is 0.296 e. The predicted molar refractivity (Wildman–Crippen MR) is 87.5 cm³/mol. The molecule has 0 radical (unpaired) electrons. The zero-order valence-electron chi connectivity index (χ0n) is 14.2. The number of carbonyl (C=O) groups is 1. The molecule has 0 spiro atoms. The molecule has 0 heterocycles. The Labute approximate surface area is 138 Å². The van der Waals surface area contributed by atoms with Crippen LogP contribution in [0.25, 0.3) is 0 Å². The van der Waals surface area contributed by atoms with Gasteiger partial charge in [-0.1, -0.05) is 38.5 Å². The molecule has 0 saturated heterocycles. The van der Waals surface area contributed by atoms with Crippen LogP contribution >= 0.6 is 0 Å². The molecule has 23 heavy (non-hydrogen) atoms. The summed E-state index contributed by atoms with van der Waals surface area (Å²) in [4.78, 5) is 12.6. The molecule has 3 rings (SSSR count). The van der Waals surface area contributed by atoms with Crippen LogP contribution < -0.4 is 0 Å². The van der Waals surface area contributed by atoms with Crippen molar-refractivity contribution in [3.63, 3.8) is 0 Å². The predicted octanol–water partition coefficient (Wildman–Crippen LogP) is 3.49. The smallest absolute Gasteiger partial charge is 0.296 e. The van der Waals surface area contributed by atoms with Crippen molar-refractivity contribution in [1.82, 2.24) is 0 Å². The molecule has 126 valence electrons. The van der Waals surface area contributed by atoms with Crippen molar-refractivity contribution in [1.29, 1.82) is 0 Å². The lowest BCUT2D eigenvalue weighted by atomic mass is 9.65. The fraction of sp³-hybridized carbons (Fsp3) is 0.611. The monoisotopic (exact) mass is 336 g/mol. The molecule has 0 aromatic heterocycles. The van der Waals surface area contributed by atoms with E-state index in [1.54, 1.807) is 24.3 Å². The number of Topliss-reactive ketones (excluding diaryl/α,β-unsaturated/α-hetero) is 1. The van der Waals surface area contributed by atoms with E-state index >= 15 is 0 Å². The fourth-order valence-corrected chi connectivity index (χ4v) is 5.25. The molecule has 0 unspecified atom stereocenters. The van der Waals surface area contributed by atoms with Crippen LogP contribution in [-0.2, 0) is 19.1 Å². The lowest BCUT2D eigenvalue weighted by Gasteiger charge is -2.39. The standard InChI is InChI=1S/C18H24O4S/c1-13-5-7-14(8-6-13)23(20,21)22-12-18-10-9-17(4,15(19)11-18)16(18,2)3/h5-8H,9-12H2,1-4H3/t17-,18-/m1/s1. The van der Waals surface area contributed by atoms with Crippen molar-refractivity contribution in [2.45, 2.75) is 51.9 Å². The molecule has 4 nitrogen and oxygen atoms in total. The SMILES string of the molecule is Cc1ccc(S(=O)(=O)OC[C@@]23CC[C@](C)(C(=O)C2)C3(C)C)cc1. The Morgan fingerprint density at radius 3 is 2.17 bits per heavy atom. The van der Waals surface area contributed by atoms with E-state index in [9.17, 15) is 13.2 Å². The summed E-state index contributed by atoms with van der Waals surface area (Å²) in [5, 5.41) is 0.